The molecule has 1 saturated heterocycles. The van der Waals surface area contributed by atoms with E-state index in [1.165, 1.54) is 5.56 Å². The van der Waals surface area contributed by atoms with E-state index in [9.17, 15) is 4.79 Å². The monoisotopic (exact) mass is 312 g/mol. The molecule has 5 nitrogen and oxygen atoms in total. The molecule has 2 N–H and O–H groups in total. The average molecular weight is 312 g/mol. The van der Waals surface area contributed by atoms with Gasteiger partial charge in [0.15, 0.2) is 0 Å². The van der Waals surface area contributed by atoms with Crippen molar-refractivity contribution < 1.29 is 4.79 Å². The molecule has 5 heteroatoms. The lowest BCUT2D eigenvalue weighted by Crippen LogP contribution is -2.49. The zero-order chi connectivity index (χ0) is 16.2. The van der Waals surface area contributed by atoms with Gasteiger partial charge in [0.05, 0.1) is 18.3 Å². The van der Waals surface area contributed by atoms with Crippen LogP contribution < -0.4 is 5.73 Å². The molecular weight excluding hydrogens is 288 g/mol. The first-order valence-corrected chi connectivity index (χ1v) is 8.24. The summed E-state index contributed by atoms with van der Waals surface area (Å²) in [5, 5.41) is 4.33. The number of piperidine rings is 1. The van der Waals surface area contributed by atoms with Gasteiger partial charge in [-0.3, -0.25) is 9.48 Å². The molecule has 0 bridgehead atoms. The number of nitrogens with zero attached hydrogens (tertiary/aromatic N) is 3. The molecule has 1 amide bonds. The minimum atomic E-state index is 0.0478. The predicted octanol–water partition coefficient (Wildman–Crippen LogP) is 2.13. The molecule has 1 aromatic heterocycles. The molecule has 1 aliphatic rings. The molecule has 2 atom stereocenters. The highest BCUT2D eigenvalue weighted by atomic mass is 16.2. The Labute approximate surface area is 137 Å². The highest BCUT2D eigenvalue weighted by Gasteiger charge is 2.30. The van der Waals surface area contributed by atoms with Gasteiger partial charge in [-0.2, -0.15) is 5.10 Å². The summed E-state index contributed by atoms with van der Waals surface area (Å²) >= 11 is 0. The molecular formula is C18H24N4O. The number of nitrogens with two attached hydrogens (primary N) is 1. The van der Waals surface area contributed by atoms with Crippen LogP contribution in [0.4, 0.5) is 0 Å². The lowest BCUT2D eigenvalue weighted by atomic mass is 9.92. The molecule has 3 rings (SSSR count). The summed E-state index contributed by atoms with van der Waals surface area (Å²) in [7, 11) is 0. The van der Waals surface area contributed by atoms with Crippen molar-refractivity contribution in [2.24, 2.45) is 11.7 Å². The van der Waals surface area contributed by atoms with Crippen LogP contribution in [0.1, 0.15) is 35.7 Å². The third kappa shape index (κ3) is 3.62. The summed E-state index contributed by atoms with van der Waals surface area (Å²) < 4.78 is 1.81. The van der Waals surface area contributed by atoms with Crippen molar-refractivity contribution >= 4 is 5.91 Å². The molecule has 0 spiro atoms. The molecule has 1 aromatic carbocycles. The van der Waals surface area contributed by atoms with Gasteiger partial charge >= 0.3 is 0 Å². The Morgan fingerprint density at radius 3 is 2.87 bits per heavy atom. The van der Waals surface area contributed by atoms with Gasteiger partial charge in [0.2, 0.25) is 0 Å². The van der Waals surface area contributed by atoms with Gasteiger partial charge in [0, 0.05) is 25.3 Å². The van der Waals surface area contributed by atoms with Crippen LogP contribution in [0, 0.1) is 5.92 Å². The predicted molar refractivity (Wildman–Crippen MR) is 90.0 cm³/mol. The maximum absolute atomic E-state index is 12.8. The van der Waals surface area contributed by atoms with Crippen LogP contribution in [0.5, 0.6) is 0 Å². The first-order chi connectivity index (χ1) is 11.2. The van der Waals surface area contributed by atoms with E-state index in [-0.39, 0.29) is 11.9 Å². The summed E-state index contributed by atoms with van der Waals surface area (Å²) in [6.45, 7) is 4.20. The lowest BCUT2D eigenvalue weighted by molar-refractivity contribution is 0.0573. The van der Waals surface area contributed by atoms with E-state index in [1.807, 2.05) is 34.0 Å². The zero-order valence-corrected chi connectivity index (χ0v) is 13.6. The van der Waals surface area contributed by atoms with Crippen LogP contribution in [0.15, 0.2) is 42.7 Å². The van der Waals surface area contributed by atoms with Crippen molar-refractivity contribution in [2.45, 2.75) is 32.4 Å². The first-order valence-electron chi connectivity index (χ1n) is 8.24. The fourth-order valence-electron chi connectivity index (χ4n) is 3.24. The normalized spacial score (nSPS) is 21.4. The fraction of sp³-hybridized carbons (Fsp3) is 0.444. The van der Waals surface area contributed by atoms with E-state index >= 15 is 0 Å². The lowest BCUT2D eigenvalue weighted by Gasteiger charge is -2.37. The first kappa shape index (κ1) is 15.7. The van der Waals surface area contributed by atoms with Crippen LogP contribution >= 0.6 is 0 Å². The SMILES string of the molecule is CC1CCN(C(=O)c2cnn(Cc3ccccc3)c2)C(CN)C1. The van der Waals surface area contributed by atoms with E-state index in [4.69, 9.17) is 5.73 Å². The molecule has 2 heterocycles. The number of likely N-dealkylation sites (tertiary alicyclic amines) is 1. The Hall–Kier alpha value is -2.14. The molecule has 2 unspecified atom stereocenters. The van der Waals surface area contributed by atoms with Crippen LogP contribution in [0.3, 0.4) is 0 Å². The number of aromatic nitrogens is 2. The number of amides is 1. The number of hydrogen-bond acceptors (Lipinski definition) is 3. The second-order valence-corrected chi connectivity index (χ2v) is 6.43. The number of carbonyl (C=O) groups is 1. The van der Waals surface area contributed by atoms with Crippen molar-refractivity contribution in [1.29, 1.82) is 0 Å². The van der Waals surface area contributed by atoms with E-state index < -0.39 is 0 Å². The van der Waals surface area contributed by atoms with Gasteiger partial charge in [-0.15, -0.1) is 0 Å². The molecule has 23 heavy (non-hydrogen) atoms. The fourth-order valence-corrected chi connectivity index (χ4v) is 3.24. The van der Waals surface area contributed by atoms with Gasteiger partial charge in [-0.25, -0.2) is 0 Å². The summed E-state index contributed by atoms with van der Waals surface area (Å²) in [6, 6.07) is 10.3. The van der Waals surface area contributed by atoms with Crippen molar-refractivity contribution in [1.82, 2.24) is 14.7 Å². The van der Waals surface area contributed by atoms with Crippen LogP contribution in [-0.2, 0) is 6.54 Å². The molecule has 1 aliphatic heterocycles. The number of rotatable bonds is 4. The molecule has 122 valence electrons. The van der Waals surface area contributed by atoms with Gasteiger partial charge < -0.3 is 10.6 Å². The second kappa shape index (κ2) is 6.96. The van der Waals surface area contributed by atoms with Crippen LogP contribution in [-0.4, -0.2) is 39.7 Å². The number of hydrogen-bond donors (Lipinski definition) is 1. The summed E-state index contributed by atoms with van der Waals surface area (Å²) in [5.41, 5.74) is 7.68. The Bertz CT molecular complexity index is 652. The smallest absolute Gasteiger partial charge is 0.257 e. The third-order valence-electron chi connectivity index (χ3n) is 4.58. The average Bonchev–Trinajstić information content (AvgIpc) is 3.03. The van der Waals surface area contributed by atoms with Crippen LogP contribution in [0.2, 0.25) is 0 Å². The van der Waals surface area contributed by atoms with E-state index in [0.29, 0.717) is 24.6 Å². The minimum absolute atomic E-state index is 0.0478. The Morgan fingerprint density at radius 1 is 1.35 bits per heavy atom. The van der Waals surface area contributed by atoms with Crippen LogP contribution in [0.25, 0.3) is 0 Å². The molecule has 0 radical (unpaired) electrons. The molecule has 0 saturated carbocycles. The maximum Gasteiger partial charge on any atom is 0.257 e. The Kier molecular flexibility index (Phi) is 4.76. The highest BCUT2D eigenvalue weighted by molar-refractivity contribution is 5.94. The standard InChI is InChI=1S/C18H24N4O/c1-14-7-8-22(17(9-14)10-19)18(23)16-11-20-21(13-16)12-15-5-3-2-4-6-15/h2-6,11,13-14,17H,7-10,12,19H2,1H3. The molecule has 0 aliphatic carbocycles. The van der Waals surface area contributed by atoms with Crippen molar-refractivity contribution in [2.75, 3.05) is 13.1 Å². The van der Waals surface area contributed by atoms with Gasteiger partial charge in [-0.05, 0) is 24.3 Å². The van der Waals surface area contributed by atoms with Gasteiger partial charge in [0.25, 0.3) is 5.91 Å². The third-order valence-corrected chi connectivity index (χ3v) is 4.58. The number of carbonyl (C=O) groups excluding carboxylic acids is 1. The second-order valence-electron chi connectivity index (χ2n) is 6.43. The topological polar surface area (TPSA) is 64.2 Å². The molecule has 1 fully saturated rings. The Balaban J connectivity index is 1.70. The summed E-state index contributed by atoms with van der Waals surface area (Å²) in [5.74, 6) is 0.681. The van der Waals surface area contributed by atoms with Crippen molar-refractivity contribution in [3.8, 4) is 0 Å². The van der Waals surface area contributed by atoms with E-state index in [2.05, 4.69) is 24.2 Å². The van der Waals surface area contributed by atoms with Gasteiger partial charge in [0.1, 0.15) is 0 Å². The quantitative estimate of drug-likeness (QED) is 0.940. The summed E-state index contributed by atoms with van der Waals surface area (Å²) in [6.07, 6.45) is 5.53. The van der Waals surface area contributed by atoms with E-state index in [0.717, 1.165) is 19.4 Å². The van der Waals surface area contributed by atoms with E-state index in [1.54, 1.807) is 6.20 Å². The van der Waals surface area contributed by atoms with Gasteiger partial charge in [-0.1, -0.05) is 37.3 Å². The number of benzene rings is 1. The van der Waals surface area contributed by atoms with Crippen molar-refractivity contribution in [3.63, 3.8) is 0 Å². The maximum atomic E-state index is 12.8. The molecule has 2 aromatic rings. The summed E-state index contributed by atoms with van der Waals surface area (Å²) in [4.78, 5) is 14.7. The van der Waals surface area contributed by atoms with Crippen molar-refractivity contribution in [3.05, 3.63) is 53.9 Å². The largest absolute Gasteiger partial charge is 0.334 e. The zero-order valence-electron chi connectivity index (χ0n) is 13.6. The Morgan fingerprint density at radius 2 is 2.13 bits per heavy atom. The highest BCUT2D eigenvalue weighted by Crippen LogP contribution is 2.23. The minimum Gasteiger partial charge on any atom is -0.334 e.